The molecule has 0 unspecified atom stereocenters. The molecule has 2 aromatic carbocycles. The van der Waals surface area contributed by atoms with Crippen molar-refractivity contribution in [2.75, 3.05) is 12.4 Å². The first-order valence-corrected chi connectivity index (χ1v) is 7.63. The fourth-order valence-electron chi connectivity index (χ4n) is 2.08. The van der Waals surface area contributed by atoms with Crippen molar-refractivity contribution >= 4 is 35.6 Å². The van der Waals surface area contributed by atoms with Crippen LogP contribution in [0.25, 0.3) is 0 Å². The molecule has 0 aliphatic heterocycles. The number of hydrogen-bond acceptors (Lipinski definition) is 3. The van der Waals surface area contributed by atoms with Gasteiger partial charge < -0.3 is 20.5 Å². The van der Waals surface area contributed by atoms with Crippen LogP contribution in [0.5, 0.6) is 11.5 Å². The van der Waals surface area contributed by atoms with Gasteiger partial charge in [0.15, 0.2) is 5.96 Å². The zero-order valence-corrected chi connectivity index (χ0v) is 16.8. The highest BCUT2D eigenvalue weighted by Crippen LogP contribution is 2.18. The Hall–Kier alpha value is -2.03. The molecular weight excluding hydrogens is 436 g/mol. The first-order chi connectivity index (χ1) is 11.5. The smallest absolute Gasteiger partial charge is 0.193 e. The number of guanidine groups is 1. The number of hydrogen-bond donors (Lipinski definition) is 2. The van der Waals surface area contributed by atoms with Gasteiger partial charge >= 0.3 is 0 Å². The molecule has 0 heterocycles. The van der Waals surface area contributed by atoms with E-state index in [1.54, 1.807) is 6.07 Å². The zero-order chi connectivity index (χ0) is 17.5. The van der Waals surface area contributed by atoms with Gasteiger partial charge in [0.2, 0.25) is 0 Å². The summed E-state index contributed by atoms with van der Waals surface area (Å²) < 4.78 is 24.0. The Kier molecular flexibility index (Phi) is 8.47. The van der Waals surface area contributed by atoms with E-state index < -0.39 is 0 Å². The van der Waals surface area contributed by atoms with Gasteiger partial charge in [-0.15, -0.1) is 24.0 Å². The molecule has 0 saturated heterocycles. The highest BCUT2D eigenvalue weighted by Gasteiger charge is 2.02. The van der Waals surface area contributed by atoms with Crippen LogP contribution >= 0.6 is 24.0 Å². The van der Waals surface area contributed by atoms with Gasteiger partial charge in [-0.2, -0.15) is 0 Å². The predicted octanol–water partition coefficient (Wildman–Crippen LogP) is 4.17. The third-order valence-electron chi connectivity index (χ3n) is 3.10. The van der Waals surface area contributed by atoms with Crippen molar-refractivity contribution in [1.82, 2.24) is 0 Å². The van der Waals surface area contributed by atoms with E-state index in [1.807, 2.05) is 38.1 Å². The maximum absolute atomic E-state index is 13.4. The van der Waals surface area contributed by atoms with E-state index in [1.165, 1.54) is 19.2 Å². The molecule has 2 rings (SSSR count). The minimum absolute atomic E-state index is 0. The summed E-state index contributed by atoms with van der Waals surface area (Å²) in [5.41, 5.74) is 7.34. The maximum atomic E-state index is 13.4. The molecule has 3 N–H and O–H groups in total. The molecule has 0 bridgehead atoms. The number of benzene rings is 2. The van der Waals surface area contributed by atoms with Crippen LogP contribution in [0.3, 0.4) is 0 Å². The van der Waals surface area contributed by atoms with Crippen molar-refractivity contribution in [3.63, 3.8) is 0 Å². The van der Waals surface area contributed by atoms with Gasteiger partial charge in [-0.05, 0) is 55.8 Å². The summed E-state index contributed by atoms with van der Waals surface area (Å²) in [6.45, 7) is 4.19. The molecule has 0 aromatic heterocycles. The van der Waals surface area contributed by atoms with Gasteiger partial charge in [-0.3, -0.25) is 0 Å². The van der Waals surface area contributed by atoms with Crippen molar-refractivity contribution in [1.29, 1.82) is 0 Å². The van der Waals surface area contributed by atoms with Crippen LogP contribution in [-0.2, 0) is 6.54 Å². The van der Waals surface area contributed by atoms with E-state index in [4.69, 9.17) is 15.2 Å². The van der Waals surface area contributed by atoms with E-state index in [9.17, 15) is 4.39 Å². The van der Waals surface area contributed by atoms with Crippen LogP contribution in [-0.4, -0.2) is 19.2 Å². The number of anilines is 1. The molecule has 0 aliphatic rings. The SMILES string of the molecule is COc1cc(F)cc(CN=C(N)Nc2ccc(OC(C)C)cc2)c1.I. The van der Waals surface area contributed by atoms with E-state index in [-0.39, 0.29) is 48.4 Å². The van der Waals surface area contributed by atoms with Crippen LogP contribution in [0.1, 0.15) is 19.4 Å². The summed E-state index contributed by atoms with van der Waals surface area (Å²) in [6.07, 6.45) is 0.124. The van der Waals surface area contributed by atoms with Crippen LogP contribution in [0.2, 0.25) is 0 Å². The lowest BCUT2D eigenvalue weighted by atomic mass is 10.2. The monoisotopic (exact) mass is 459 g/mol. The molecule has 0 amide bonds. The van der Waals surface area contributed by atoms with Gasteiger partial charge in [0.1, 0.15) is 17.3 Å². The first kappa shape index (κ1) is 21.0. The standard InChI is InChI=1S/C18H22FN3O2.HI/c1-12(2)24-16-6-4-15(5-7-16)22-18(20)21-11-13-8-14(19)10-17(9-13)23-3;/h4-10,12H,11H2,1-3H3,(H3,20,21,22);1H. The number of rotatable bonds is 6. The third-order valence-corrected chi connectivity index (χ3v) is 3.10. The number of aliphatic imine (C=N–C) groups is 1. The van der Waals surface area contributed by atoms with E-state index in [0.717, 1.165) is 11.4 Å². The Morgan fingerprint density at radius 2 is 1.84 bits per heavy atom. The molecule has 5 nitrogen and oxygen atoms in total. The number of ether oxygens (including phenoxy) is 2. The van der Waals surface area contributed by atoms with Crippen molar-refractivity contribution in [2.45, 2.75) is 26.5 Å². The molecule has 0 fully saturated rings. The average Bonchev–Trinajstić information content (AvgIpc) is 2.54. The van der Waals surface area contributed by atoms with E-state index >= 15 is 0 Å². The molecular formula is C18H23FIN3O2. The normalized spacial score (nSPS) is 11.0. The first-order valence-electron chi connectivity index (χ1n) is 7.63. The Morgan fingerprint density at radius 1 is 1.16 bits per heavy atom. The van der Waals surface area contributed by atoms with Crippen LogP contribution in [0, 0.1) is 5.82 Å². The van der Waals surface area contributed by atoms with E-state index in [2.05, 4.69) is 10.3 Å². The fourth-order valence-corrected chi connectivity index (χ4v) is 2.08. The van der Waals surface area contributed by atoms with Crippen molar-refractivity contribution in [3.05, 3.63) is 53.8 Å². The quantitative estimate of drug-likeness (QED) is 0.387. The van der Waals surface area contributed by atoms with E-state index in [0.29, 0.717) is 11.3 Å². The topological polar surface area (TPSA) is 68.9 Å². The highest BCUT2D eigenvalue weighted by atomic mass is 127. The Bertz CT molecular complexity index is 706. The Balaban J connectivity index is 0.00000312. The van der Waals surface area contributed by atoms with Crippen molar-refractivity contribution < 1.29 is 13.9 Å². The largest absolute Gasteiger partial charge is 0.497 e. The molecule has 25 heavy (non-hydrogen) atoms. The number of nitrogens with one attached hydrogen (secondary N) is 1. The summed E-state index contributed by atoms with van der Waals surface area (Å²) in [5, 5.41) is 2.98. The number of methoxy groups -OCH3 is 1. The van der Waals surface area contributed by atoms with Crippen LogP contribution < -0.4 is 20.5 Å². The minimum Gasteiger partial charge on any atom is -0.497 e. The second-order valence-electron chi connectivity index (χ2n) is 5.52. The summed E-state index contributed by atoms with van der Waals surface area (Å²) >= 11 is 0. The zero-order valence-electron chi connectivity index (χ0n) is 14.5. The second-order valence-corrected chi connectivity index (χ2v) is 5.52. The van der Waals surface area contributed by atoms with Gasteiger partial charge in [-0.1, -0.05) is 0 Å². The van der Waals surface area contributed by atoms with Gasteiger partial charge in [0, 0.05) is 11.8 Å². The average molecular weight is 459 g/mol. The third kappa shape index (κ3) is 7.16. The van der Waals surface area contributed by atoms with Crippen molar-refractivity contribution in [3.8, 4) is 11.5 Å². The second kappa shape index (κ2) is 10.1. The molecule has 136 valence electrons. The van der Waals surface area contributed by atoms with Gasteiger partial charge in [0.05, 0.1) is 19.8 Å². The molecule has 0 saturated carbocycles. The van der Waals surface area contributed by atoms with Crippen molar-refractivity contribution in [2.24, 2.45) is 10.7 Å². The molecule has 0 radical (unpaired) electrons. The number of halogens is 2. The summed E-state index contributed by atoms with van der Waals surface area (Å²) in [6, 6.07) is 11.8. The van der Waals surface area contributed by atoms with Gasteiger partial charge in [0.25, 0.3) is 0 Å². The number of nitrogens with two attached hydrogens (primary N) is 1. The lowest BCUT2D eigenvalue weighted by molar-refractivity contribution is 0.242. The minimum atomic E-state index is -0.369. The molecule has 7 heteroatoms. The molecule has 0 spiro atoms. The summed E-state index contributed by atoms with van der Waals surface area (Å²) in [5.74, 6) is 1.12. The van der Waals surface area contributed by atoms with Crippen LogP contribution in [0.15, 0.2) is 47.5 Å². The molecule has 2 aromatic rings. The summed E-state index contributed by atoms with van der Waals surface area (Å²) in [4.78, 5) is 4.21. The Morgan fingerprint density at radius 3 is 2.44 bits per heavy atom. The van der Waals surface area contributed by atoms with Gasteiger partial charge in [-0.25, -0.2) is 9.38 Å². The highest BCUT2D eigenvalue weighted by molar-refractivity contribution is 14.0. The molecule has 0 aliphatic carbocycles. The fraction of sp³-hybridized carbons (Fsp3) is 0.278. The number of nitrogens with zero attached hydrogens (tertiary/aromatic N) is 1. The lowest BCUT2D eigenvalue weighted by Gasteiger charge is -2.11. The molecule has 0 atom stereocenters. The lowest BCUT2D eigenvalue weighted by Crippen LogP contribution is -2.22. The summed E-state index contributed by atoms with van der Waals surface area (Å²) in [7, 11) is 1.49. The maximum Gasteiger partial charge on any atom is 0.193 e. The van der Waals surface area contributed by atoms with Crippen LogP contribution in [0.4, 0.5) is 10.1 Å². The Labute approximate surface area is 164 Å². The predicted molar refractivity (Wildman–Crippen MR) is 110 cm³/mol.